The van der Waals surface area contributed by atoms with Gasteiger partial charge in [-0.05, 0) is 96.3 Å². The maximum Gasteiger partial charge on any atom is 0.472 e. The van der Waals surface area contributed by atoms with Crippen LogP contribution in [0, 0.1) is 0 Å². The predicted octanol–water partition coefficient (Wildman–Crippen LogP) is 14.0. The molecule has 1 amide bonds. The molecule has 0 saturated heterocycles. The van der Waals surface area contributed by atoms with Gasteiger partial charge in [-0.25, -0.2) is 4.57 Å². The number of phosphoric acid groups is 1. The molecule has 0 aliphatic heterocycles. The van der Waals surface area contributed by atoms with E-state index in [0.717, 1.165) is 89.9 Å². The van der Waals surface area contributed by atoms with E-state index in [1.807, 2.05) is 0 Å². The molecule has 0 saturated carbocycles. The van der Waals surface area contributed by atoms with Crippen LogP contribution in [-0.4, -0.2) is 54.3 Å². The van der Waals surface area contributed by atoms with Crippen molar-refractivity contribution in [3.8, 4) is 0 Å². The third-order valence-corrected chi connectivity index (χ3v) is 10.8. The first-order chi connectivity index (χ1) is 29.8. The van der Waals surface area contributed by atoms with Crippen molar-refractivity contribution in [2.24, 2.45) is 0 Å². The van der Waals surface area contributed by atoms with Gasteiger partial charge in [0.25, 0.3) is 0 Å². The number of aliphatic hydroxyl groups is 1. The molecule has 350 valence electrons. The van der Waals surface area contributed by atoms with Crippen LogP contribution in [0.1, 0.15) is 194 Å². The van der Waals surface area contributed by atoms with Gasteiger partial charge in [0.1, 0.15) is 12.7 Å². The number of rotatable bonds is 44. The first-order valence-electron chi connectivity index (χ1n) is 24.1. The zero-order valence-corrected chi connectivity index (χ0v) is 39.5. The Morgan fingerprint density at radius 3 is 1.34 bits per heavy atom. The minimum absolute atomic E-state index is 0.0590. The molecule has 0 aliphatic rings. The molecule has 0 aromatic carbocycles. The van der Waals surface area contributed by atoms with E-state index in [4.69, 9.17) is 13.8 Å². The maximum atomic E-state index is 12.1. The van der Waals surface area contributed by atoms with Crippen LogP contribution in [0.25, 0.3) is 0 Å². The number of ether oxygens (including phenoxy) is 1. The van der Waals surface area contributed by atoms with Crippen LogP contribution >= 0.6 is 7.82 Å². The van der Waals surface area contributed by atoms with Crippen molar-refractivity contribution < 1.29 is 37.9 Å². The third kappa shape index (κ3) is 48.1. The standard InChI is InChI=1S/C51H88NO8P/c1-3-5-7-9-11-13-15-17-19-21-23-24-26-28-30-32-34-36-38-40-42-44-51(55)58-47-49(53)48-60-61(56,57)59-46-45-52-50(54)43-41-39-37-35-33-31-29-27-25-22-20-18-16-14-12-10-8-6-4-2/h11-14,17-20,23-25,27,31,33,49,53H,3-10,15-16,21-22,26,28-30,32,34-48H2,1-2H3,(H,52,54)(H,56,57)/b13-11-,14-12-,19-17-,20-18-,24-23-,27-25-,33-31-. The number of aliphatic hydroxyl groups excluding tert-OH is 1. The van der Waals surface area contributed by atoms with E-state index in [1.165, 1.54) is 77.0 Å². The molecule has 0 radical (unpaired) electrons. The molecule has 9 nitrogen and oxygen atoms in total. The molecule has 0 aromatic heterocycles. The summed E-state index contributed by atoms with van der Waals surface area (Å²) in [6.07, 6.45) is 59.4. The van der Waals surface area contributed by atoms with Crippen LogP contribution in [0.4, 0.5) is 0 Å². The Bertz CT molecular complexity index is 1270. The van der Waals surface area contributed by atoms with E-state index in [-0.39, 0.29) is 32.1 Å². The van der Waals surface area contributed by atoms with Crippen molar-refractivity contribution in [3.63, 3.8) is 0 Å². The van der Waals surface area contributed by atoms with Gasteiger partial charge in [0.05, 0.1) is 13.2 Å². The summed E-state index contributed by atoms with van der Waals surface area (Å²) in [6.45, 7) is 3.44. The van der Waals surface area contributed by atoms with Gasteiger partial charge in [-0.15, -0.1) is 0 Å². The fraction of sp³-hybridized carbons (Fsp3) is 0.686. The van der Waals surface area contributed by atoms with E-state index >= 15 is 0 Å². The molecular weight excluding hydrogens is 786 g/mol. The summed E-state index contributed by atoms with van der Waals surface area (Å²) in [5.74, 6) is -0.559. The largest absolute Gasteiger partial charge is 0.472 e. The molecule has 0 spiro atoms. The number of allylic oxidation sites excluding steroid dienone is 14. The number of hydrogen-bond donors (Lipinski definition) is 3. The molecule has 0 rings (SSSR count). The smallest absolute Gasteiger partial charge is 0.463 e. The highest BCUT2D eigenvalue weighted by Gasteiger charge is 2.23. The number of hydrogen-bond acceptors (Lipinski definition) is 7. The summed E-state index contributed by atoms with van der Waals surface area (Å²) in [6, 6.07) is 0. The van der Waals surface area contributed by atoms with Gasteiger partial charge in [0, 0.05) is 19.4 Å². The van der Waals surface area contributed by atoms with Crippen molar-refractivity contribution >= 4 is 19.7 Å². The second kappa shape index (κ2) is 46.7. The lowest BCUT2D eigenvalue weighted by Gasteiger charge is -2.15. The van der Waals surface area contributed by atoms with Gasteiger partial charge in [-0.3, -0.25) is 18.6 Å². The van der Waals surface area contributed by atoms with Gasteiger partial charge >= 0.3 is 13.8 Å². The van der Waals surface area contributed by atoms with Crippen LogP contribution in [0.5, 0.6) is 0 Å². The highest BCUT2D eigenvalue weighted by Crippen LogP contribution is 2.42. The van der Waals surface area contributed by atoms with Crippen molar-refractivity contribution in [1.29, 1.82) is 0 Å². The summed E-state index contributed by atoms with van der Waals surface area (Å²) in [4.78, 5) is 34.0. The summed E-state index contributed by atoms with van der Waals surface area (Å²) in [5.41, 5.74) is 0. The molecule has 0 fully saturated rings. The molecule has 2 unspecified atom stereocenters. The van der Waals surface area contributed by atoms with E-state index in [2.05, 4.69) is 104 Å². The highest BCUT2D eigenvalue weighted by molar-refractivity contribution is 7.47. The number of phosphoric ester groups is 1. The molecule has 0 aromatic rings. The average Bonchev–Trinajstić information content (AvgIpc) is 3.25. The molecule has 10 heteroatoms. The number of esters is 1. The van der Waals surface area contributed by atoms with Crippen LogP contribution in [0.3, 0.4) is 0 Å². The molecule has 3 N–H and O–H groups in total. The van der Waals surface area contributed by atoms with Gasteiger partial charge in [0.15, 0.2) is 0 Å². The minimum atomic E-state index is -4.44. The molecule has 0 heterocycles. The summed E-state index contributed by atoms with van der Waals surface area (Å²) in [5, 5.41) is 12.7. The Kier molecular flexibility index (Phi) is 44.5. The van der Waals surface area contributed by atoms with Gasteiger partial charge in [0.2, 0.25) is 5.91 Å². The summed E-state index contributed by atoms with van der Waals surface area (Å²) >= 11 is 0. The number of carbonyl (C=O) groups excluding carboxylic acids is 2. The van der Waals surface area contributed by atoms with E-state index in [1.54, 1.807) is 0 Å². The zero-order chi connectivity index (χ0) is 44.6. The monoisotopic (exact) mass is 874 g/mol. The highest BCUT2D eigenvalue weighted by atomic mass is 31.2. The topological polar surface area (TPSA) is 131 Å². The third-order valence-electron chi connectivity index (χ3n) is 9.80. The first kappa shape index (κ1) is 58.2. The predicted molar refractivity (Wildman–Crippen MR) is 256 cm³/mol. The Hall–Kier alpha value is -2.81. The number of carbonyl (C=O) groups is 2. The fourth-order valence-corrected chi connectivity index (χ4v) is 6.89. The Labute approximate surface area is 373 Å². The second-order valence-electron chi connectivity index (χ2n) is 15.7. The second-order valence-corrected chi connectivity index (χ2v) is 17.2. The van der Waals surface area contributed by atoms with Crippen molar-refractivity contribution in [1.82, 2.24) is 5.32 Å². The maximum absolute atomic E-state index is 12.1. The quantitative estimate of drug-likeness (QED) is 0.0239. The van der Waals surface area contributed by atoms with Crippen LogP contribution in [-0.2, 0) is 27.9 Å². The van der Waals surface area contributed by atoms with Crippen LogP contribution in [0.15, 0.2) is 85.1 Å². The molecule has 2 atom stereocenters. The normalized spacial score (nSPS) is 14.0. The Balaban J connectivity index is 3.66. The van der Waals surface area contributed by atoms with Crippen molar-refractivity contribution in [3.05, 3.63) is 85.1 Å². The van der Waals surface area contributed by atoms with Crippen LogP contribution < -0.4 is 5.32 Å². The fourth-order valence-electron chi connectivity index (χ4n) is 6.13. The first-order valence-corrected chi connectivity index (χ1v) is 25.6. The zero-order valence-electron chi connectivity index (χ0n) is 38.6. The van der Waals surface area contributed by atoms with Crippen molar-refractivity contribution in [2.75, 3.05) is 26.4 Å². The van der Waals surface area contributed by atoms with Gasteiger partial charge in [-0.2, -0.15) is 0 Å². The number of nitrogens with one attached hydrogen (secondary N) is 1. The van der Waals surface area contributed by atoms with E-state index in [0.29, 0.717) is 6.42 Å². The molecule has 61 heavy (non-hydrogen) atoms. The minimum Gasteiger partial charge on any atom is -0.463 e. The average molecular weight is 874 g/mol. The summed E-state index contributed by atoms with van der Waals surface area (Å²) in [7, 11) is -4.44. The molecule has 0 aliphatic carbocycles. The SMILES string of the molecule is CCCCC/C=C\C/C=C\C/C=C\C/C=C\CCCCCC(=O)NCCOP(=O)(O)OCC(O)COC(=O)CCCCCCCCCC/C=C\C/C=C\C/C=C\CCCCC. The molecule has 0 bridgehead atoms. The molecular formula is C51H88NO8P. The lowest BCUT2D eigenvalue weighted by atomic mass is 10.1. The van der Waals surface area contributed by atoms with E-state index < -0.39 is 26.5 Å². The van der Waals surface area contributed by atoms with E-state index in [9.17, 15) is 24.2 Å². The summed E-state index contributed by atoms with van der Waals surface area (Å²) < 4.78 is 26.9. The Morgan fingerprint density at radius 1 is 0.508 bits per heavy atom. The van der Waals surface area contributed by atoms with Crippen LogP contribution in [0.2, 0.25) is 0 Å². The van der Waals surface area contributed by atoms with Gasteiger partial charge in [-0.1, -0.05) is 170 Å². The lowest BCUT2D eigenvalue weighted by molar-refractivity contribution is -0.147. The lowest BCUT2D eigenvalue weighted by Crippen LogP contribution is -2.27. The number of amides is 1. The number of unbranched alkanes of at least 4 members (excludes halogenated alkanes) is 17. The van der Waals surface area contributed by atoms with Gasteiger partial charge < -0.3 is 20.1 Å². The Morgan fingerprint density at radius 2 is 0.885 bits per heavy atom. The van der Waals surface area contributed by atoms with Crippen molar-refractivity contribution in [2.45, 2.75) is 200 Å².